The van der Waals surface area contributed by atoms with E-state index in [0.29, 0.717) is 29.5 Å². The van der Waals surface area contributed by atoms with E-state index in [9.17, 15) is 13.2 Å². The van der Waals surface area contributed by atoms with Crippen LogP contribution >= 0.6 is 11.6 Å². The highest BCUT2D eigenvalue weighted by molar-refractivity contribution is 7.89. The number of amides is 1. The van der Waals surface area contributed by atoms with Gasteiger partial charge in [0.25, 0.3) is 0 Å². The predicted molar refractivity (Wildman–Crippen MR) is 159 cm³/mol. The molecular weight excluding hydrogens is 546 g/mol. The van der Waals surface area contributed by atoms with Crippen LogP contribution in [0.25, 0.3) is 0 Å². The van der Waals surface area contributed by atoms with Gasteiger partial charge in [-0.15, -0.1) is 0 Å². The molecule has 0 aliphatic carbocycles. The van der Waals surface area contributed by atoms with Crippen LogP contribution in [-0.2, 0) is 21.4 Å². The molecule has 3 aromatic rings. The van der Waals surface area contributed by atoms with Gasteiger partial charge in [-0.1, -0.05) is 74.0 Å². The average Bonchev–Trinajstić information content (AvgIpc) is 2.92. The van der Waals surface area contributed by atoms with Gasteiger partial charge in [-0.2, -0.15) is 0 Å². The first kappa shape index (κ1) is 30.1. The Bertz CT molecular complexity index is 1410. The number of carbonyl (C=O) groups is 1. The van der Waals surface area contributed by atoms with Crippen LogP contribution in [0.3, 0.4) is 0 Å². The van der Waals surface area contributed by atoms with Gasteiger partial charge < -0.3 is 15.4 Å². The molecule has 1 aliphatic heterocycles. The van der Waals surface area contributed by atoms with Gasteiger partial charge in [0, 0.05) is 30.0 Å². The summed E-state index contributed by atoms with van der Waals surface area (Å²) in [5, 5.41) is 6.94. The average molecular weight is 584 g/mol. The Hall–Kier alpha value is -2.91. The van der Waals surface area contributed by atoms with Gasteiger partial charge in [0.1, 0.15) is 5.75 Å². The van der Waals surface area contributed by atoms with E-state index in [0.717, 1.165) is 42.0 Å². The van der Waals surface area contributed by atoms with Crippen molar-refractivity contribution in [2.24, 2.45) is 5.92 Å². The third-order valence-electron chi connectivity index (χ3n) is 7.02. The largest absolute Gasteiger partial charge is 0.493 e. The van der Waals surface area contributed by atoms with Crippen LogP contribution in [0, 0.1) is 12.8 Å². The summed E-state index contributed by atoms with van der Waals surface area (Å²) in [6, 6.07) is 18.8. The van der Waals surface area contributed by atoms with Crippen molar-refractivity contribution in [1.29, 1.82) is 0 Å². The maximum atomic E-state index is 13.3. The summed E-state index contributed by atoms with van der Waals surface area (Å²) in [5.74, 6) is 1.17. The molecule has 1 amide bonds. The third-order valence-corrected chi connectivity index (χ3v) is 8.90. The zero-order valence-electron chi connectivity index (χ0n) is 23.2. The number of fused-ring (bicyclic) bond motifs is 1. The maximum Gasteiger partial charge on any atom is 0.241 e. The van der Waals surface area contributed by atoms with Gasteiger partial charge in [-0.3, -0.25) is 4.79 Å². The first-order valence-corrected chi connectivity index (χ1v) is 15.6. The lowest BCUT2D eigenvalue weighted by Gasteiger charge is -2.28. The molecule has 2 atom stereocenters. The number of rotatable bonds is 12. The Morgan fingerprint density at radius 2 is 1.85 bits per heavy atom. The van der Waals surface area contributed by atoms with E-state index in [1.165, 1.54) is 12.1 Å². The number of hydrogen-bond acceptors (Lipinski definition) is 5. The highest BCUT2D eigenvalue weighted by Gasteiger charge is 2.27. The summed E-state index contributed by atoms with van der Waals surface area (Å²) >= 11 is 6.19. The summed E-state index contributed by atoms with van der Waals surface area (Å²) < 4.78 is 35.1. The fraction of sp³-hybridized carbons (Fsp3) is 0.387. The second-order valence-corrected chi connectivity index (χ2v) is 12.8. The zero-order chi connectivity index (χ0) is 28.7. The molecule has 0 aromatic heterocycles. The molecule has 0 saturated heterocycles. The molecule has 0 spiro atoms. The van der Waals surface area contributed by atoms with Gasteiger partial charge >= 0.3 is 0 Å². The van der Waals surface area contributed by atoms with Crippen LogP contribution < -0.4 is 20.1 Å². The minimum atomic E-state index is -3.93. The monoisotopic (exact) mass is 583 g/mol. The van der Waals surface area contributed by atoms with E-state index >= 15 is 0 Å². The molecule has 4 rings (SSSR count). The molecule has 1 heterocycles. The number of halogens is 1. The molecule has 0 saturated carbocycles. The van der Waals surface area contributed by atoms with Crippen LogP contribution in [0.1, 0.15) is 67.4 Å². The number of hydrogen-bond donors (Lipinski definition) is 3. The van der Waals surface area contributed by atoms with E-state index in [1.807, 2.05) is 49.4 Å². The van der Waals surface area contributed by atoms with Gasteiger partial charge in [0.05, 0.1) is 23.6 Å². The van der Waals surface area contributed by atoms with Crippen molar-refractivity contribution >= 4 is 27.5 Å². The summed E-state index contributed by atoms with van der Waals surface area (Å²) in [4.78, 5) is 13.4. The van der Waals surface area contributed by atoms with Crippen LogP contribution in [0.15, 0.2) is 71.6 Å². The molecule has 40 heavy (non-hydrogen) atoms. The quantitative estimate of drug-likeness (QED) is 0.233. The third kappa shape index (κ3) is 8.07. The van der Waals surface area contributed by atoms with Crippen molar-refractivity contribution in [2.75, 3.05) is 13.2 Å². The van der Waals surface area contributed by atoms with E-state index < -0.39 is 16.1 Å². The van der Waals surface area contributed by atoms with Gasteiger partial charge in [0.15, 0.2) is 0 Å². The topological polar surface area (TPSA) is 96.5 Å². The summed E-state index contributed by atoms with van der Waals surface area (Å²) in [6.45, 7) is 8.43. The van der Waals surface area contributed by atoms with Crippen LogP contribution in [-0.4, -0.2) is 27.5 Å². The molecule has 214 valence electrons. The molecule has 9 heteroatoms. The molecule has 7 nitrogen and oxygen atoms in total. The Kier molecular flexibility index (Phi) is 10.2. The number of aryl methyl sites for hydroxylation is 1. The number of carbonyl (C=O) groups excluding carboxylic acids is 1. The summed E-state index contributed by atoms with van der Waals surface area (Å²) in [6.07, 6.45) is 1.69. The van der Waals surface area contributed by atoms with E-state index in [-0.39, 0.29) is 23.3 Å². The fourth-order valence-electron chi connectivity index (χ4n) is 4.66. The summed E-state index contributed by atoms with van der Waals surface area (Å²) in [7, 11) is -3.93. The highest BCUT2D eigenvalue weighted by atomic mass is 35.5. The smallest absolute Gasteiger partial charge is 0.241 e. The van der Waals surface area contributed by atoms with Crippen LogP contribution in [0.5, 0.6) is 5.75 Å². The predicted octanol–water partition coefficient (Wildman–Crippen LogP) is 5.83. The second-order valence-electron chi connectivity index (χ2n) is 10.7. The van der Waals surface area contributed by atoms with E-state index in [4.69, 9.17) is 16.3 Å². The van der Waals surface area contributed by atoms with Crippen molar-refractivity contribution in [2.45, 2.75) is 63.6 Å². The van der Waals surface area contributed by atoms with Gasteiger partial charge in [0.2, 0.25) is 15.9 Å². The van der Waals surface area contributed by atoms with Crippen molar-refractivity contribution < 1.29 is 17.9 Å². The molecule has 3 N–H and O–H groups in total. The Morgan fingerprint density at radius 3 is 2.58 bits per heavy atom. The molecule has 1 aliphatic rings. The SMILES string of the molecule is Cc1ccc(S(=O)(=O)NC(CC(=O)NC2CCOc3cc(CNCCC(C)C)ccc32)c2ccccc2)cc1Cl. The number of ether oxygens (including phenoxy) is 1. The molecule has 0 bridgehead atoms. The van der Waals surface area contributed by atoms with E-state index in [2.05, 4.69) is 35.3 Å². The second kappa shape index (κ2) is 13.6. The number of benzene rings is 3. The minimum Gasteiger partial charge on any atom is -0.493 e. The minimum absolute atomic E-state index is 0.0531. The Balaban J connectivity index is 1.45. The lowest BCUT2D eigenvalue weighted by Crippen LogP contribution is -2.36. The van der Waals surface area contributed by atoms with Gasteiger partial charge in [-0.25, -0.2) is 13.1 Å². The van der Waals surface area contributed by atoms with Crippen LogP contribution in [0.2, 0.25) is 5.02 Å². The first-order chi connectivity index (χ1) is 19.1. The van der Waals surface area contributed by atoms with E-state index in [1.54, 1.807) is 6.07 Å². The molecular formula is C31H38ClN3O4S. The number of sulfonamides is 1. The Morgan fingerprint density at radius 1 is 1.07 bits per heavy atom. The number of nitrogens with one attached hydrogen (secondary N) is 3. The summed E-state index contributed by atoms with van der Waals surface area (Å²) in [5.41, 5.74) is 3.54. The molecule has 3 aromatic carbocycles. The molecule has 0 radical (unpaired) electrons. The van der Waals surface area contributed by atoms with Crippen molar-refractivity contribution in [3.63, 3.8) is 0 Å². The normalized spacial score (nSPS) is 15.8. The molecule has 2 unspecified atom stereocenters. The first-order valence-electron chi connectivity index (χ1n) is 13.7. The van der Waals surface area contributed by atoms with Crippen molar-refractivity contribution in [3.05, 3.63) is 94.0 Å². The highest BCUT2D eigenvalue weighted by Crippen LogP contribution is 2.33. The Labute approximate surface area is 242 Å². The maximum absolute atomic E-state index is 13.3. The fourth-order valence-corrected chi connectivity index (χ4v) is 6.16. The lowest BCUT2D eigenvalue weighted by molar-refractivity contribution is -0.122. The van der Waals surface area contributed by atoms with Gasteiger partial charge in [-0.05, 0) is 60.7 Å². The van der Waals surface area contributed by atoms with Crippen LogP contribution in [0.4, 0.5) is 0 Å². The van der Waals surface area contributed by atoms with Crippen molar-refractivity contribution in [3.8, 4) is 5.75 Å². The lowest BCUT2D eigenvalue weighted by atomic mass is 9.98. The molecule has 0 fully saturated rings. The standard InChI is InChI=1S/C31H38ClN3O4S/c1-21(2)13-15-33-20-23-10-12-26-28(14-16-39-30(26)17-23)34-31(36)19-29(24-7-5-4-6-8-24)35-40(37,38)25-11-9-22(3)27(32)18-25/h4-12,17-18,21,28-29,33,35H,13-16,19-20H2,1-3H3,(H,34,36). The zero-order valence-corrected chi connectivity index (χ0v) is 24.8. The van der Waals surface area contributed by atoms with Crippen molar-refractivity contribution in [1.82, 2.24) is 15.4 Å².